The van der Waals surface area contributed by atoms with Crippen LogP contribution >= 0.6 is 11.8 Å². The molecule has 0 aliphatic carbocycles. The lowest BCUT2D eigenvalue weighted by Gasteiger charge is -2.14. The number of aliphatic hydroxyl groups is 1. The number of aliphatic hydroxyl groups excluding tert-OH is 1. The second-order valence-electron chi connectivity index (χ2n) is 3.89. The minimum atomic E-state index is -0.402. The van der Waals surface area contributed by atoms with E-state index in [2.05, 4.69) is 5.32 Å². The normalized spacial score (nSPS) is 14.8. The van der Waals surface area contributed by atoms with Crippen LogP contribution in [0, 0.1) is 5.82 Å². The average molecular weight is 243 g/mol. The van der Waals surface area contributed by atoms with Crippen molar-refractivity contribution in [3.8, 4) is 0 Å². The van der Waals surface area contributed by atoms with Gasteiger partial charge in [0.05, 0.1) is 6.10 Å². The molecule has 1 rings (SSSR count). The van der Waals surface area contributed by atoms with Crippen molar-refractivity contribution >= 4 is 11.8 Å². The molecule has 1 aromatic carbocycles. The minimum absolute atomic E-state index is 0.0595. The van der Waals surface area contributed by atoms with E-state index in [1.807, 2.05) is 20.0 Å². The van der Waals surface area contributed by atoms with Crippen LogP contribution in [0.25, 0.3) is 0 Å². The van der Waals surface area contributed by atoms with Gasteiger partial charge in [0.25, 0.3) is 0 Å². The summed E-state index contributed by atoms with van der Waals surface area (Å²) in [5.41, 5.74) is 0.919. The summed E-state index contributed by atoms with van der Waals surface area (Å²) in [5, 5.41) is 12.4. The van der Waals surface area contributed by atoms with Crippen molar-refractivity contribution in [3.05, 3.63) is 29.6 Å². The molecule has 90 valence electrons. The highest BCUT2D eigenvalue weighted by molar-refractivity contribution is 8.00. The van der Waals surface area contributed by atoms with Gasteiger partial charge in [-0.05, 0) is 37.7 Å². The van der Waals surface area contributed by atoms with Crippen LogP contribution in [0.1, 0.15) is 19.4 Å². The highest BCUT2D eigenvalue weighted by Gasteiger charge is 2.11. The van der Waals surface area contributed by atoms with Crippen LogP contribution in [0.2, 0.25) is 0 Å². The van der Waals surface area contributed by atoms with E-state index in [1.54, 1.807) is 6.92 Å². The van der Waals surface area contributed by atoms with E-state index in [0.717, 1.165) is 10.5 Å². The Labute approximate surface area is 100 Å². The Balaban J connectivity index is 2.79. The first-order valence-corrected chi connectivity index (χ1v) is 6.19. The molecular weight excluding hydrogens is 225 g/mol. The third-order valence-corrected chi connectivity index (χ3v) is 3.59. The first-order valence-electron chi connectivity index (χ1n) is 5.31. The van der Waals surface area contributed by atoms with Gasteiger partial charge in [0, 0.05) is 16.7 Å². The SMILES string of the molecule is CNCc1cc(F)cc(SC(C)C(C)O)c1. The van der Waals surface area contributed by atoms with E-state index in [0.29, 0.717) is 6.54 Å². The molecule has 0 amide bonds. The quantitative estimate of drug-likeness (QED) is 0.779. The van der Waals surface area contributed by atoms with Gasteiger partial charge in [-0.1, -0.05) is 6.92 Å². The van der Waals surface area contributed by atoms with Crippen molar-refractivity contribution in [2.45, 2.75) is 36.6 Å². The van der Waals surface area contributed by atoms with Gasteiger partial charge < -0.3 is 10.4 Å². The van der Waals surface area contributed by atoms with Crippen LogP contribution < -0.4 is 5.32 Å². The maximum atomic E-state index is 13.3. The molecule has 0 heterocycles. The second-order valence-corrected chi connectivity index (χ2v) is 5.34. The number of hydrogen-bond acceptors (Lipinski definition) is 3. The van der Waals surface area contributed by atoms with Crippen molar-refractivity contribution in [1.82, 2.24) is 5.32 Å². The molecule has 2 N–H and O–H groups in total. The molecule has 2 unspecified atom stereocenters. The fraction of sp³-hybridized carbons (Fsp3) is 0.500. The van der Waals surface area contributed by atoms with E-state index >= 15 is 0 Å². The summed E-state index contributed by atoms with van der Waals surface area (Å²) >= 11 is 1.49. The Bertz CT molecular complexity index is 344. The zero-order valence-electron chi connectivity index (χ0n) is 9.83. The standard InChI is InChI=1S/C12H18FNOS/c1-8(15)9(2)16-12-5-10(7-14-3)4-11(13)6-12/h4-6,8-9,14-15H,7H2,1-3H3. The molecule has 16 heavy (non-hydrogen) atoms. The van der Waals surface area contributed by atoms with E-state index in [-0.39, 0.29) is 11.1 Å². The Morgan fingerprint density at radius 1 is 1.38 bits per heavy atom. The molecule has 0 aliphatic rings. The third-order valence-electron chi connectivity index (χ3n) is 2.31. The fourth-order valence-electron chi connectivity index (χ4n) is 1.31. The predicted molar refractivity (Wildman–Crippen MR) is 66.2 cm³/mol. The molecule has 0 aliphatic heterocycles. The summed E-state index contributed by atoms with van der Waals surface area (Å²) in [5.74, 6) is -0.229. The molecule has 2 nitrogen and oxygen atoms in total. The van der Waals surface area contributed by atoms with E-state index in [9.17, 15) is 9.50 Å². The lowest BCUT2D eigenvalue weighted by molar-refractivity contribution is 0.196. The summed E-state index contributed by atoms with van der Waals surface area (Å²) in [4.78, 5) is 0.860. The third kappa shape index (κ3) is 4.12. The highest BCUT2D eigenvalue weighted by atomic mass is 32.2. The summed E-state index contributed by atoms with van der Waals surface area (Å²) in [7, 11) is 1.83. The van der Waals surface area contributed by atoms with Gasteiger partial charge in [-0.15, -0.1) is 11.8 Å². The topological polar surface area (TPSA) is 32.3 Å². The molecule has 0 saturated heterocycles. The summed E-state index contributed by atoms with van der Waals surface area (Å²) in [6, 6.07) is 4.97. The zero-order chi connectivity index (χ0) is 12.1. The number of rotatable bonds is 5. The molecular formula is C12H18FNOS. The molecule has 0 saturated carbocycles. The van der Waals surface area contributed by atoms with Crippen LogP contribution in [0.15, 0.2) is 23.1 Å². The Morgan fingerprint density at radius 2 is 2.06 bits per heavy atom. The second kappa shape index (κ2) is 6.23. The van der Waals surface area contributed by atoms with Gasteiger partial charge in [-0.25, -0.2) is 4.39 Å². The Hall–Kier alpha value is -0.580. The van der Waals surface area contributed by atoms with Gasteiger partial charge in [0.15, 0.2) is 0 Å². The van der Waals surface area contributed by atoms with Crippen molar-refractivity contribution in [2.75, 3.05) is 7.05 Å². The molecule has 4 heteroatoms. The number of halogens is 1. The predicted octanol–water partition coefficient (Wildman–Crippen LogP) is 2.41. The fourth-order valence-corrected chi connectivity index (χ4v) is 2.33. The monoisotopic (exact) mass is 243 g/mol. The van der Waals surface area contributed by atoms with Gasteiger partial charge in [-0.2, -0.15) is 0 Å². The molecule has 0 fully saturated rings. The summed E-state index contributed by atoms with van der Waals surface area (Å²) < 4.78 is 13.3. The van der Waals surface area contributed by atoms with Crippen molar-refractivity contribution in [1.29, 1.82) is 0 Å². The van der Waals surface area contributed by atoms with Crippen LogP contribution in [-0.4, -0.2) is 23.5 Å². The van der Waals surface area contributed by atoms with Crippen molar-refractivity contribution < 1.29 is 9.50 Å². The number of hydrogen-bond donors (Lipinski definition) is 2. The number of thioether (sulfide) groups is 1. The van der Waals surface area contributed by atoms with Gasteiger partial charge in [0.2, 0.25) is 0 Å². The van der Waals surface area contributed by atoms with Crippen LogP contribution in [-0.2, 0) is 6.54 Å². The van der Waals surface area contributed by atoms with Crippen molar-refractivity contribution in [3.63, 3.8) is 0 Å². The smallest absolute Gasteiger partial charge is 0.124 e. The summed E-state index contributed by atoms with van der Waals surface area (Å²) in [6.07, 6.45) is -0.402. The largest absolute Gasteiger partial charge is 0.392 e. The highest BCUT2D eigenvalue weighted by Crippen LogP contribution is 2.26. The maximum absolute atomic E-state index is 13.3. The minimum Gasteiger partial charge on any atom is -0.392 e. The van der Waals surface area contributed by atoms with Crippen LogP contribution in [0.5, 0.6) is 0 Å². The Morgan fingerprint density at radius 3 is 2.62 bits per heavy atom. The molecule has 1 aromatic rings. The van der Waals surface area contributed by atoms with Gasteiger partial charge in [0.1, 0.15) is 5.82 Å². The molecule has 0 radical (unpaired) electrons. The van der Waals surface area contributed by atoms with Crippen molar-refractivity contribution in [2.24, 2.45) is 0 Å². The van der Waals surface area contributed by atoms with Gasteiger partial charge >= 0.3 is 0 Å². The molecule has 0 bridgehead atoms. The zero-order valence-corrected chi connectivity index (χ0v) is 10.6. The lowest BCUT2D eigenvalue weighted by atomic mass is 10.2. The van der Waals surface area contributed by atoms with E-state index < -0.39 is 6.10 Å². The number of benzene rings is 1. The average Bonchev–Trinajstić information content (AvgIpc) is 2.16. The molecule has 0 spiro atoms. The maximum Gasteiger partial charge on any atom is 0.124 e. The van der Waals surface area contributed by atoms with E-state index in [1.165, 1.54) is 23.9 Å². The lowest BCUT2D eigenvalue weighted by Crippen LogP contribution is -2.15. The first kappa shape index (κ1) is 13.5. The Kier molecular flexibility index (Phi) is 5.25. The van der Waals surface area contributed by atoms with Crippen LogP contribution in [0.3, 0.4) is 0 Å². The molecule has 2 atom stereocenters. The van der Waals surface area contributed by atoms with Gasteiger partial charge in [-0.3, -0.25) is 0 Å². The molecule has 0 aromatic heterocycles. The first-order chi connectivity index (χ1) is 7.52. The number of nitrogens with one attached hydrogen (secondary N) is 1. The van der Waals surface area contributed by atoms with E-state index in [4.69, 9.17) is 0 Å². The summed E-state index contributed by atoms with van der Waals surface area (Å²) in [6.45, 7) is 4.32. The van der Waals surface area contributed by atoms with Crippen LogP contribution in [0.4, 0.5) is 4.39 Å².